The molecule has 1 aromatic heterocycles. The fraction of sp³-hybridized carbons (Fsp3) is 0.500. The number of carboxylic acid groups (broad SMARTS) is 1. The van der Waals surface area contributed by atoms with E-state index in [1.807, 2.05) is 6.92 Å². The zero-order chi connectivity index (χ0) is 12.1. The van der Waals surface area contributed by atoms with Crippen LogP contribution >= 0.6 is 0 Å². The first-order chi connectivity index (χ1) is 7.56. The number of rotatable bonds is 5. The van der Waals surface area contributed by atoms with Gasteiger partial charge in [-0.25, -0.2) is 4.79 Å². The number of aliphatic carboxylic acids is 1. The Morgan fingerprint density at radius 3 is 2.75 bits per heavy atom. The maximum atomic E-state index is 11.6. The van der Waals surface area contributed by atoms with E-state index in [1.165, 1.54) is 6.20 Å². The topological polar surface area (TPSA) is 92.4 Å². The summed E-state index contributed by atoms with van der Waals surface area (Å²) < 4.78 is 4.73. The van der Waals surface area contributed by atoms with Gasteiger partial charge in [-0.15, -0.1) is 0 Å². The van der Waals surface area contributed by atoms with Crippen molar-refractivity contribution in [1.82, 2.24) is 10.5 Å². The predicted octanol–water partition coefficient (Wildman–Crippen LogP) is 0.966. The van der Waals surface area contributed by atoms with Crippen molar-refractivity contribution >= 4 is 11.9 Å². The first-order valence-corrected chi connectivity index (χ1v) is 5.01. The largest absolute Gasteiger partial charge is 0.480 e. The Morgan fingerprint density at radius 1 is 1.62 bits per heavy atom. The molecule has 1 rings (SSSR count). The zero-order valence-electron chi connectivity index (χ0n) is 9.19. The van der Waals surface area contributed by atoms with Gasteiger partial charge in [0.25, 0.3) is 5.91 Å². The second-order valence-corrected chi connectivity index (χ2v) is 3.45. The van der Waals surface area contributed by atoms with E-state index in [0.29, 0.717) is 18.6 Å². The Kier molecular flexibility index (Phi) is 4.04. The van der Waals surface area contributed by atoms with Crippen LogP contribution in [0.1, 0.15) is 35.9 Å². The number of nitrogens with zero attached hydrogens (tertiary/aromatic N) is 1. The highest BCUT2D eigenvalue weighted by molar-refractivity contribution is 5.97. The Hall–Kier alpha value is -1.85. The standard InChI is InChI=1S/C10H14N2O4/c1-3-4-8(10(14)15)12-9(13)7-5-11-16-6(7)2/h5,8H,3-4H2,1-2H3,(H,12,13)(H,14,15)/t8-/m0/s1. The van der Waals surface area contributed by atoms with Crippen molar-refractivity contribution in [3.8, 4) is 0 Å². The number of hydrogen-bond acceptors (Lipinski definition) is 4. The molecule has 0 aliphatic heterocycles. The molecule has 6 nitrogen and oxygen atoms in total. The van der Waals surface area contributed by atoms with E-state index in [0.717, 1.165) is 0 Å². The average Bonchev–Trinajstić information content (AvgIpc) is 2.63. The molecule has 0 unspecified atom stereocenters. The second-order valence-electron chi connectivity index (χ2n) is 3.45. The number of carbonyl (C=O) groups excluding carboxylic acids is 1. The maximum absolute atomic E-state index is 11.6. The number of hydrogen-bond donors (Lipinski definition) is 2. The highest BCUT2D eigenvalue weighted by Crippen LogP contribution is 2.07. The number of aromatic nitrogens is 1. The summed E-state index contributed by atoms with van der Waals surface area (Å²) in [6.07, 6.45) is 2.35. The molecular weight excluding hydrogens is 212 g/mol. The molecule has 88 valence electrons. The Balaban J connectivity index is 2.69. The molecule has 1 heterocycles. The first-order valence-electron chi connectivity index (χ1n) is 5.01. The van der Waals surface area contributed by atoms with Crippen LogP contribution < -0.4 is 5.32 Å². The van der Waals surface area contributed by atoms with Crippen molar-refractivity contribution in [3.05, 3.63) is 17.5 Å². The molecule has 0 bridgehead atoms. The van der Waals surface area contributed by atoms with E-state index in [-0.39, 0.29) is 5.56 Å². The van der Waals surface area contributed by atoms with Gasteiger partial charge in [-0.05, 0) is 13.3 Å². The third-order valence-corrected chi connectivity index (χ3v) is 2.18. The fourth-order valence-electron chi connectivity index (χ4n) is 1.30. The van der Waals surface area contributed by atoms with Gasteiger partial charge in [0, 0.05) is 0 Å². The lowest BCUT2D eigenvalue weighted by molar-refractivity contribution is -0.139. The van der Waals surface area contributed by atoms with E-state index in [9.17, 15) is 9.59 Å². The average molecular weight is 226 g/mol. The van der Waals surface area contributed by atoms with Crippen molar-refractivity contribution in [2.75, 3.05) is 0 Å². The number of aryl methyl sites for hydroxylation is 1. The SMILES string of the molecule is CCC[C@H](NC(=O)c1cnoc1C)C(=O)O. The molecule has 1 atom stereocenters. The Bertz CT molecular complexity index is 386. The van der Waals surface area contributed by atoms with Crippen LogP contribution in [0.25, 0.3) is 0 Å². The monoisotopic (exact) mass is 226 g/mol. The van der Waals surface area contributed by atoms with Crippen LogP contribution in [0, 0.1) is 6.92 Å². The zero-order valence-corrected chi connectivity index (χ0v) is 9.19. The van der Waals surface area contributed by atoms with E-state index in [2.05, 4.69) is 10.5 Å². The van der Waals surface area contributed by atoms with Gasteiger partial charge in [0.2, 0.25) is 0 Å². The molecule has 0 aliphatic rings. The third-order valence-electron chi connectivity index (χ3n) is 2.18. The smallest absolute Gasteiger partial charge is 0.326 e. The van der Waals surface area contributed by atoms with Crippen molar-refractivity contribution in [1.29, 1.82) is 0 Å². The molecule has 1 amide bonds. The molecule has 0 saturated carbocycles. The molecule has 2 N–H and O–H groups in total. The van der Waals surface area contributed by atoms with Crippen LogP contribution in [-0.4, -0.2) is 28.2 Å². The van der Waals surface area contributed by atoms with Crippen LogP contribution in [0.2, 0.25) is 0 Å². The van der Waals surface area contributed by atoms with Crippen molar-refractivity contribution in [2.45, 2.75) is 32.7 Å². The minimum absolute atomic E-state index is 0.266. The summed E-state index contributed by atoms with van der Waals surface area (Å²) in [7, 11) is 0. The number of amides is 1. The van der Waals surface area contributed by atoms with Crippen molar-refractivity contribution < 1.29 is 19.2 Å². The summed E-state index contributed by atoms with van der Waals surface area (Å²) in [6, 6.07) is -0.869. The van der Waals surface area contributed by atoms with E-state index in [4.69, 9.17) is 9.63 Å². The summed E-state index contributed by atoms with van der Waals surface area (Å²) in [5.41, 5.74) is 0.266. The molecule has 16 heavy (non-hydrogen) atoms. The fourth-order valence-corrected chi connectivity index (χ4v) is 1.30. The highest BCUT2D eigenvalue weighted by Gasteiger charge is 2.21. The number of carboxylic acids is 1. The maximum Gasteiger partial charge on any atom is 0.326 e. The van der Waals surface area contributed by atoms with E-state index < -0.39 is 17.9 Å². The van der Waals surface area contributed by atoms with Gasteiger partial charge in [0.05, 0.1) is 6.20 Å². The lowest BCUT2D eigenvalue weighted by Gasteiger charge is -2.12. The van der Waals surface area contributed by atoms with E-state index >= 15 is 0 Å². The van der Waals surface area contributed by atoms with Crippen molar-refractivity contribution in [2.24, 2.45) is 0 Å². The van der Waals surface area contributed by atoms with Crippen LogP contribution in [-0.2, 0) is 4.79 Å². The summed E-state index contributed by atoms with van der Waals surface area (Å²) in [4.78, 5) is 22.5. The van der Waals surface area contributed by atoms with Gasteiger partial charge >= 0.3 is 5.97 Å². The van der Waals surface area contributed by atoms with Gasteiger partial charge in [-0.2, -0.15) is 0 Å². The molecular formula is C10H14N2O4. The Morgan fingerprint density at radius 2 is 2.31 bits per heavy atom. The van der Waals surface area contributed by atoms with Gasteiger partial charge in [-0.1, -0.05) is 18.5 Å². The number of nitrogens with one attached hydrogen (secondary N) is 1. The third kappa shape index (κ3) is 2.82. The summed E-state index contributed by atoms with van der Waals surface area (Å²) in [5, 5.41) is 14.7. The first kappa shape index (κ1) is 12.2. The molecule has 0 spiro atoms. The summed E-state index contributed by atoms with van der Waals surface area (Å²) in [6.45, 7) is 3.45. The highest BCUT2D eigenvalue weighted by atomic mass is 16.5. The van der Waals surface area contributed by atoms with Crippen LogP contribution in [0.5, 0.6) is 0 Å². The summed E-state index contributed by atoms with van der Waals surface area (Å²) in [5.74, 6) is -1.14. The molecule has 1 aromatic rings. The molecule has 0 saturated heterocycles. The van der Waals surface area contributed by atoms with Crippen LogP contribution in [0.3, 0.4) is 0 Å². The Labute approximate surface area is 92.6 Å². The lowest BCUT2D eigenvalue weighted by Crippen LogP contribution is -2.40. The molecule has 0 aromatic carbocycles. The normalized spacial score (nSPS) is 12.1. The predicted molar refractivity (Wildman–Crippen MR) is 55.0 cm³/mol. The van der Waals surface area contributed by atoms with E-state index in [1.54, 1.807) is 6.92 Å². The molecule has 0 aliphatic carbocycles. The van der Waals surface area contributed by atoms with Crippen molar-refractivity contribution in [3.63, 3.8) is 0 Å². The number of carbonyl (C=O) groups is 2. The van der Waals surface area contributed by atoms with Gasteiger partial charge in [0.15, 0.2) is 0 Å². The molecule has 6 heteroatoms. The minimum atomic E-state index is -1.04. The lowest BCUT2D eigenvalue weighted by atomic mass is 10.1. The molecule has 0 fully saturated rings. The molecule has 0 radical (unpaired) electrons. The van der Waals surface area contributed by atoms with Crippen LogP contribution in [0.4, 0.5) is 0 Å². The van der Waals surface area contributed by atoms with Gasteiger partial charge in [-0.3, -0.25) is 4.79 Å². The quantitative estimate of drug-likeness (QED) is 0.780. The summed E-state index contributed by atoms with van der Waals surface area (Å²) >= 11 is 0. The van der Waals surface area contributed by atoms with Gasteiger partial charge < -0.3 is 14.9 Å². The minimum Gasteiger partial charge on any atom is -0.480 e. The van der Waals surface area contributed by atoms with Gasteiger partial charge in [0.1, 0.15) is 17.4 Å². The van der Waals surface area contributed by atoms with Crippen LogP contribution in [0.15, 0.2) is 10.7 Å². The second kappa shape index (κ2) is 5.29.